The van der Waals surface area contributed by atoms with Crippen LogP contribution in [0.25, 0.3) is 0 Å². The molecule has 35 heavy (non-hydrogen) atoms. The summed E-state index contributed by atoms with van der Waals surface area (Å²) in [5, 5.41) is 0. The van der Waals surface area contributed by atoms with Crippen molar-refractivity contribution >= 4 is 11.8 Å². The third kappa shape index (κ3) is 4.00. The Morgan fingerprint density at radius 1 is 1.14 bits per heavy atom. The Morgan fingerprint density at radius 3 is 2.54 bits per heavy atom. The summed E-state index contributed by atoms with van der Waals surface area (Å²) in [5.74, 6) is 0.623. The summed E-state index contributed by atoms with van der Waals surface area (Å²) in [5.41, 5.74) is 3.22. The fraction of sp³-hybridized carbons (Fsp3) is 0.500. The molecule has 0 aliphatic carbocycles. The second-order valence-electron chi connectivity index (χ2n) is 10.3. The highest BCUT2D eigenvalue weighted by Crippen LogP contribution is 2.48. The van der Waals surface area contributed by atoms with Gasteiger partial charge in [0.15, 0.2) is 0 Å². The molecule has 3 aliphatic heterocycles. The maximum Gasteiger partial charge on any atom is 0.254 e. The Labute approximate surface area is 207 Å². The third-order valence-corrected chi connectivity index (χ3v) is 7.70. The first-order valence-corrected chi connectivity index (χ1v) is 12.5. The summed E-state index contributed by atoms with van der Waals surface area (Å²) in [6, 6.07) is 13.9. The van der Waals surface area contributed by atoms with Crippen LogP contribution in [0.1, 0.15) is 46.8 Å². The minimum absolute atomic E-state index is 0.0162. The molecular weight excluding hydrogens is 442 g/mol. The van der Waals surface area contributed by atoms with Gasteiger partial charge >= 0.3 is 0 Å². The van der Waals surface area contributed by atoms with E-state index in [9.17, 15) is 9.59 Å². The van der Waals surface area contributed by atoms with Gasteiger partial charge in [0.05, 0.1) is 31.8 Å². The van der Waals surface area contributed by atoms with Crippen molar-refractivity contribution < 1.29 is 19.1 Å². The Balaban J connectivity index is 1.50. The highest BCUT2D eigenvalue weighted by Gasteiger charge is 2.61. The Bertz CT molecular complexity index is 1120. The molecule has 0 radical (unpaired) electrons. The topological polar surface area (TPSA) is 62.3 Å². The SMILES string of the molecule is COc1cc(CN2CC3(C2)C(C(=O)N2CCOCC2)c2ccccc2C(=O)N3C(C)C)ccc1C. The number of aryl methyl sites for hydroxylation is 1. The molecule has 2 aromatic carbocycles. The standard InChI is InChI=1S/C28H35N3O4/c1-19(2)31-26(32)23-8-6-5-7-22(23)25(27(33)30-11-13-35-14-12-30)28(31)17-29(18-28)16-21-10-9-20(3)24(15-21)34-4/h5-10,15,19,25H,11-14,16-18H2,1-4H3. The highest BCUT2D eigenvalue weighted by atomic mass is 16.5. The van der Waals surface area contributed by atoms with Gasteiger partial charge in [0, 0.05) is 44.3 Å². The molecule has 0 bridgehead atoms. The summed E-state index contributed by atoms with van der Waals surface area (Å²) < 4.78 is 11.0. The van der Waals surface area contributed by atoms with Crippen LogP contribution in [0.2, 0.25) is 0 Å². The molecule has 0 saturated carbocycles. The number of hydrogen-bond donors (Lipinski definition) is 0. The Kier molecular flexibility index (Phi) is 6.32. The summed E-state index contributed by atoms with van der Waals surface area (Å²) in [6.07, 6.45) is 0. The largest absolute Gasteiger partial charge is 0.496 e. The Hall–Kier alpha value is -2.90. The van der Waals surface area contributed by atoms with Crippen molar-refractivity contribution in [3.05, 3.63) is 64.7 Å². The fourth-order valence-electron chi connectivity index (χ4n) is 6.18. The fourth-order valence-corrected chi connectivity index (χ4v) is 6.18. The summed E-state index contributed by atoms with van der Waals surface area (Å²) in [7, 11) is 1.69. The molecule has 186 valence electrons. The first kappa shape index (κ1) is 23.8. The van der Waals surface area contributed by atoms with E-state index in [-0.39, 0.29) is 23.8 Å². The van der Waals surface area contributed by atoms with E-state index in [4.69, 9.17) is 9.47 Å². The maximum atomic E-state index is 14.1. The van der Waals surface area contributed by atoms with Gasteiger partial charge in [0.1, 0.15) is 5.75 Å². The number of carbonyl (C=O) groups excluding carboxylic acids is 2. The lowest BCUT2D eigenvalue weighted by molar-refractivity contribution is -0.148. The second-order valence-corrected chi connectivity index (χ2v) is 10.3. The van der Waals surface area contributed by atoms with Crippen LogP contribution in [0.5, 0.6) is 5.75 Å². The lowest BCUT2D eigenvalue weighted by atomic mass is 9.67. The predicted molar refractivity (Wildman–Crippen MR) is 134 cm³/mol. The van der Waals surface area contributed by atoms with Crippen LogP contribution in [0.3, 0.4) is 0 Å². The quantitative estimate of drug-likeness (QED) is 0.663. The van der Waals surface area contributed by atoms with Crippen LogP contribution < -0.4 is 4.74 Å². The van der Waals surface area contributed by atoms with Gasteiger partial charge in [0.2, 0.25) is 5.91 Å². The minimum atomic E-state index is -0.566. The van der Waals surface area contributed by atoms with Crippen LogP contribution in [0.15, 0.2) is 42.5 Å². The zero-order chi connectivity index (χ0) is 24.7. The molecule has 2 fully saturated rings. The Morgan fingerprint density at radius 2 is 1.86 bits per heavy atom. The highest BCUT2D eigenvalue weighted by molar-refractivity contribution is 6.02. The zero-order valence-corrected chi connectivity index (χ0v) is 21.1. The molecule has 7 nitrogen and oxygen atoms in total. The molecule has 2 saturated heterocycles. The number of likely N-dealkylation sites (tertiary alicyclic amines) is 1. The van der Waals surface area contributed by atoms with Crippen molar-refractivity contribution in [3.8, 4) is 5.75 Å². The van der Waals surface area contributed by atoms with Crippen molar-refractivity contribution in [2.24, 2.45) is 0 Å². The number of morpholine rings is 1. The molecule has 2 aromatic rings. The van der Waals surface area contributed by atoms with Gasteiger partial charge in [-0.2, -0.15) is 0 Å². The smallest absolute Gasteiger partial charge is 0.254 e. The first-order valence-electron chi connectivity index (χ1n) is 12.5. The third-order valence-electron chi connectivity index (χ3n) is 7.70. The molecule has 3 aliphatic rings. The molecule has 1 atom stereocenters. The van der Waals surface area contributed by atoms with Crippen molar-refractivity contribution in [2.75, 3.05) is 46.5 Å². The van der Waals surface area contributed by atoms with E-state index in [1.807, 2.05) is 41.0 Å². The van der Waals surface area contributed by atoms with E-state index >= 15 is 0 Å². The van der Waals surface area contributed by atoms with Gasteiger partial charge in [-0.3, -0.25) is 14.5 Å². The number of methoxy groups -OCH3 is 1. The van der Waals surface area contributed by atoms with Gasteiger partial charge in [-0.1, -0.05) is 30.3 Å². The maximum absolute atomic E-state index is 14.1. The molecule has 7 heteroatoms. The number of nitrogens with zero attached hydrogens (tertiary/aromatic N) is 3. The molecule has 0 aromatic heterocycles. The van der Waals surface area contributed by atoms with Crippen LogP contribution in [-0.2, 0) is 16.1 Å². The lowest BCUT2D eigenvalue weighted by Gasteiger charge is -2.62. The number of hydrogen-bond acceptors (Lipinski definition) is 5. The monoisotopic (exact) mass is 477 g/mol. The van der Waals surface area contributed by atoms with Crippen molar-refractivity contribution in [2.45, 2.75) is 44.8 Å². The lowest BCUT2D eigenvalue weighted by Crippen LogP contribution is -2.77. The normalized spacial score (nSPS) is 21.7. The van der Waals surface area contributed by atoms with Crippen molar-refractivity contribution in [1.82, 2.24) is 14.7 Å². The number of rotatable bonds is 5. The number of amides is 2. The molecule has 1 spiro atoms. The number of carbonyl (C=O) groups is 2. The van der Waals surface area contributed by atoms with E-state index in [1.54, 1.807) is 7.11 Å². The number of fused-ring (bicyclic) bond motifs is 1. The van der Waals surface area contributed by atoms with Crippen LogP contribution in [0.4, 0.5) is 0 Å². The van der Waals surface area contributed by atoms with E-state index in [1.165, 1.54) is 0 Å². The van der Waals surface area contributed by atoms with E-state index in [0.717, 1.165) is 29.0 Å². The number of ether oxygens (including phenoxy) is 2. The average molecular weight is 478 g/mol. The van der Waals surface area contributed by atoms with E-state index in [0.29, 0.717) is 45.0 Å². The van der Waals surface area contributed by atoms with Crippen LogP contribution in [-0.4, -0.2) is 84.6 Å². The first-order chi connectivity index (χ1) is 16.9. The van der Waals surface area contributed by atoms with Gasteiger partial charge in [-0.25, -0.2) is 0 Å². The molecule has 1 unspecified atom stereocenters. The average Bonchev–Trinajstić information content (AvgIpc) is 2.84. The van der Waals surface area contributed by atoms with Gasteiger partial charge in [-0.15, -0.1) is 0 Å². The molecule has 0 N–H and O–H groups in total. The minimum Gasteiger partial charge on any atom is -0.496 e. The zero-order valence-electron chi connectivity index (χ0n) is 21.1. The second kappa shape index (κ2) is 9.28. The predicted octanol–water partition coefficient (Wildman–Crippen LogP) is 3.06. The van der Waals surface area contributed by atoms with E-state index < -0.39 is 5.54 Å². The summed E-state index contributed by atoms with van der Waals surface area (Å²) in [4.78, 5) is 34.1. The van der Waals surface area contributed by atoms with Gasteiger partial charge in [0.25, 0.3) is 5.91 Å². The molecular formula is C28H35N3O4. The molecule has 3 heterocycles. The van der Waals surface area contributed by atoms with Crippen molar-refractivity contribution in [1.29, 1.82) is 0 Å². The molecule has 5 rings (SSSR count). The van der Waals surface area contributed by atoms with Crippen LogP contribution in [0, 0.1) is 6.92 Å². The summed E-state index contributed by atoms with van der Waals surface area (Å²) in [6.45, 7) is 10.5. The van der Waals surface area contributed by atoms with Crippen molar-refractivity contribution in [3.63, 3.8) is 0 Å². The van der Waals surface area contributed by atoms with Gasteiger partial charge < -0.3 is 19.3 Å². The molecule has 2 amide bonds. The van der Waals surface area contributed by atoms with E-state index in [2.05, 4.69) is 36.9 Å². The van der Waals surface area contributed by atoms with Crippen LogP contribution >= 0.6 is 0 Å². The van der Waals surface area contributed by atoms with Gasteiger partial charge in [-0.05, 0) is 49.6 Å². The number of benzene rings is 2. The summed E-state index contributed by atoms with van der Waals surface area (Å²) >= 11 is 0.